The number of ether oxygens (including phenoxy) is 1. The lowest BCUT2D eigenvalue weighted by Crippen LogP contribution is -2.27. The van der Waals surface area contributed by atoms with Crippen LogP contribution in [-0.4, -0.2) is 21.7 Å². The fraction of sp³-hybridized carbons (Fsp3) is 0.312. The van der Waals surface area contributed by atoms with E-state index in [1.54, 1.807) is 18.5 Å². The van der Waals surface area contributed by atoms with Crippen molar-refractivity contribution in [2.45, 2.75) is 32.9 Å². The summed E-state index contributed by atoms with van der Waals surface area (Å²) in [4.78, 5) is 19.7. The number of nitrogens with zero attached hydrogens (tertiary/aromatic N) is 2. The fourth-order valence-corrected chi connectivity index (χ4v) is 1.75. The lowest BCUT2D eigenvalue weighted by atomic mass is 10.2. The molecule has 1 amide bonds. The Balaban J connectivity index is 1.94. The van der Waals surface area contributed by atoms with Gasteiger partial charge < -0.3 is 10.1 Å². The zero-order chi connectivity index (χ0) is 16.0. The molecule has 22 heavy (non-hydrogen) atoms. The summed E-state index contributed by atoms with van der Waals surface area (Å²) in [5.41, 5.74) is 2.02. The Labute approximate surface area is 129 Å². The number of amides is 1. The van der Waals surface area contributed by atoms with Crippen molar-refractivity contribution in [1.82, 2.24) is 9.97 Å². The van der Waals surface area contributed by atoms with Crippen molar-refractivity contribution in [3.63, 3.8) is 0 Å². The number of nitrogens with one attached hydrogen (secondary N) is 2. The van der Waals surface area contributed by atoms with Crippen LogP contribution in [0.15, 0.2) is 43.0 Å². The second-order valence-corrected chi connectivity index (χ2v) is 5.81. The molecule has 2 aromatic rings. The number of rotatable bonds is 4. The van der Waals surface area contributed by atoms with E-state index in [4.69, 9.17) is 4.74 Å². The Bertz CT molecular complexity index is 624. The molecule has 0 atom stereocenters. The zero-order valence-electron chi connectivity index (χ0n) is 13.0. The van der Waals surface area contributed by atoms with E-state index in [9.17, 15) is 4.79 Å². The second-order valence-electron chi connectivity index (χ2n) is 5.81. The predicted molar refractivity (Wildman–Crippen MR) is 85.7 cm³/mol. The standard InChI is InChI=1S/C16H20N4O2/c1-16(2,3)22-15(21)20-14-6-4-5-13(7-14)19-10-12-8-17-11-18-9-12/h4-9,11,19H,10H2,1-3H3,(H,20,21). The third-order valence-corrected chi connectivity index (χ3v) is 2.62. The maximum Gasteiger partial charge on any atom is 0.412 e. The van der Waals surface area contributed by atoms with E-state index in [0.717, 1.165) is 11.3 Å². The Morgan fingerprint density at radius 3 is 2.55 bits per heavy atom. The second kappa shape index (κ2) is 6.89. The average molecular weight is 300 g/mol. The highest BCUT2D eigenvalue weighted by molar-refractivity contribution is 5.85. The quantitative estimate of drug-likeness (QED) is 0.904. The van der Waals surface area contributed by atoms with Crippen LogP contribution in [0.4, 0.5) is 16.2 Å². The molecule has 0 unspecified atom stereocenters. The Morgan fingerprint density at radius 2 is 1.86 bits per heavy atom. The normalized spacial score (nSPS) is 10.9. The van der Waals surface area contributed by atoms with E-state index in [0.29, 0.717) is 12.2 Å². The highest BCUT2D eigenvalue weighted by Crippen LogP contribution is 2.17. The molecule has 0 spiro atoms. The summed E-state index contributed by atoms with van der Waals surface area (Å²) in [6.07, 6.45) is 4.53. The Morgan fingerprint density at radius 1 is 1.18 bits per heavy atom. The molecule has 2 rings (SSSR count). The molecule has 1 aromatic carbocycles. The van der Waals surface area contributed by atoms with Crippen LogP contribution < -0.4 is 10.6 Å². The minimum Gasteiger partial charge on any atom is -0.444 e. The van der Waals surface area contributed by atoms with Crippen molar-refractivity contribution >= 4 is 17.5 Å². The predicted octanol–water partition coefficient (Wildman–Crippen LogP) is 3.44. The maximum atomic E-state index is 11.7. The van der Waals surface area contributed by atoms with Crippen LogP contribution in [0.25, 0.3) is 0 Å². The smallest absolute Gasteiger partial charge is 0.412 e. The highest BCUT2D eigenvalue weighted by Gasteiger charge is 2.16. The molecule has 1 heterocycles. The van der Waals surface area contributed by atoms with E-state index < -0.39 is 11.7 Å². The first kappa shape index (κ1) is 15.8. The number of anilines is 2. The monoisotopic (exact) mass is 300 g/mol. The summed E-state index contributed by atoms with van der Waals surface area (Å²) in [5.74, 6) is 0. The van der Waals surface area contributed by atoms with Crippen LogP contribution >= 0.6 is 0 Å². The zero-order valence-corrected chi connectivity index (χ0v) is 13.0. The molecule has 0 radical (unpaired) electrons. The minimum atomic E-state index is -0.521. The van der Waals surface area contributed by atoms with Gasteiger partial charge in [0.25, 0.3) is 0 Å². The van der Waals surface area contributed by atoms with Crippen LogP contribution in [0, 0.1) is 0 Å². The average Bonchev–Trinajstić information content (AvgIpc) is 2.44. The van der Waals surface area contributed by atoms with Crippen LogP contribution in [0.1, 0.15) is 26.3 Å². The number of aromatic nitrogens is 2. The molecule has 1 aromatic heterocycles. The van der Waals surface area contributed by atoms with E-state index in [-0.39, 0.29) is 0 Å². The van der Waals surface area contributed by atoms with Gasteiger partial charge in [0, 0.05) is 35.9 Å². The summed E-state index contributed by atoms with van der Waals surface area (Å²) in [7, 11) is 0. The van der Waals surface area contributed by atoms with E-state index in [1.165, 1.54) is 6.33 Å². The SMILES string of the molecule is CC(C)(C)OC(=O)Nc1cccc(NCc2cncnc2)c1. The van der Waals surface area contributed by atoms with Crippen molar-refractivity contribution in [2.75, 3.05) is 10.6 Å². The molecule has 0 aliphatic rings. The van der Waals surface area contributed by atoms with E-state index in [2.05, 4.69) is 20.6 Å². The minimum absolute atomic E-state index is 0.471. The molecule has 0 aliphatic heterocycles. The third kappa shape index (κ3) is 5.40. The molecule has 0 saturated heterocycles. The van der Waals surface area contributed by atoms with Gasteiger partial charge in [-0.05, 0) is 39.0 Å². The first-order valence-electron chi connectivity index (χ1n) is 7.00. The number of hydrogen-bond donors (Lipinski definition) is 2. The lowest BCUT2D eigenvalue weighted by molar-refractivity contribution is 0.0636. The van der Waals surface area contributed by atoms with Gasteiger partial charge in [-0.2, -0.15) is 0 Å². The summed E-state index contributed by atoms with van der Waals surface area (Å²) in [5, 5.41) is 5.96. The first-order valence-corrected chi connectivity index (χ1v) is 7.00. The van der Waals surface area contributed by atoms with Gasteiger partial charge in [0.05, 0.1) is 0 Å². The molecule has 6 nitrogen and oxygen atoms in total. The van der Waals surface area contributed by atoms with Gasteiger partial charge in [-0.1, -0.05) is 6.07 Å². The summed E-state index contributed by atoms with van der Waals surface area (Å²) in [6, 6.07) is 7.43. The van der Waals surface area contributed by atoms with Crippen LogP contribution in [0.2, 0.25) is 0 Å². The largest absolute Gasteiger partial charge is 0.444 e. The molecule has 0 saturated carbocycles. The number of carbonyl (C=O) groups is 1. The maximum absolute atomic E-state index is 11.7. The molecule has 0 fully saturated rings. The highest BCUT2D eigenvalue weighted by atomic mass is 16.6. The first-order chi connectivity index (χ1) is 10.4. The molecular weight excluding hydrogens is 280 g/mol. The van der Waals surface area contributed by atoms with E-state index in [1.807, 2.05) is 39.0 Å². The molecule has 6 heteroatoms. The number of benzene rings is 1. The van der Waals surface area contributed by atoms with Gasteiger partial charge in [0.2, 0.25) is 0 Å². The van der Waals surface area contributed by atoms with Crippen molar-refractivity contribution in [2.24, 2.45) is 0 Å². The summed E-state index contributed by atoms with van der Waals surface area (Å²) >= 11 is 0. The molecule has 116 valence electrons. The van der Waals surface area contributed by atoms with Crippen molar-refractivity contribution in [3.05, 3.63) is 48.5 Å². The molecular formula is C16H20N4O2. The Kier molecular flexibility index (Phi) is 4.93. The third-order valence-electron chi connectivity index (χ3n) is 2.62. The number of hydrogen-bond acceptors (Lipinski definition) is 5. The molecule has 0 aliphatic carbocycles. The van der Waals surface area contributed by atoms with Crippen LogP contribution in [-0.2, 0) is 11.3 Å². The van der Waals surface area contributed by atoms with Crippen LogP contribution in [0.5, 0.6) is 0 Å². The van der Waals surface area contributed by atoms with Crippen molar-refractivity contribution < 1.29 is 9.53 Å². The van der Waals surface area contributed by atoms with Gasteiger partial charge in [0.1, 0.15) is 11.9 Å². The lowest BCUT2D eigenvalue weighted by Gasteiger charge is -2.19. The topological polar surface area (TPSA) is 76.1 Å². The van der Waals surface area contributed by atoms with Crippen LogP contribution in [0.3, 0.4) is 0 Å². The van der Waals surface area contributed by atoms with Crippen molar-refractivity contribution in [1.29, 1.82) is 0 Å². The fourth-order valence-electron chi connectivity index (χ4n) is 1.75. The Hall–Kier alpha value is -2.63. The molecule has 0 bridgehead atoms. The summed E-state index contributed by atoms with van der Waals surface area (Å²) < 4.78 is 5.22. The van der Waals surface area contributed by atoms with Gasteiger partial charge in [0.15, 0.2) is 0 Å². The van der Waals surface area contributed by atoms with Gasteiger partial charge in [-0.25, -0.2) is 14.8 Å². The van der Waals surface area contributed by atoms with Crippen molar-refractivity contribution in [3.8, 4) is 0 Å². The van der Waals surface area contributed by atoms with Gasteiger partial charge in [-0.3, -0.25) is 5.32 Å². The number of carbonyl (C=O) groups excluding carboxylic acids is 1. The summed E-state index contributed by atoms with van der Waals surface area (Å²) in [6.45, 7) is 6.09. The van der Waals surface area contributed by atoms with Gasteiger partial charge >= 0.3 is 6.09 Å². The van der Waals surface area contributed by atoms with Gasteiger partial charge in [-0.15, -0.1) is 0 Å². The molecule has 2 N–H and O–H groups in total. The van der Waals surface area contributed by atoms with E-state index >= 15 is 0 Å².